The SMILES string of the molecule is CC1Cc2ccccc2N(C(=O)CC(C)C2CCCNC2)C1. The number of benzene rings is 1. The van der Waals surface area contributed by atoms with Gasteiger partial charge in [0.25, 0.3) is 0 Å². The third kappa shape index (κ3) is 3.35. The second-order valence-corrected chi connectivity index (χ2v) is 7.23. The Morgan fingerprint density at radius 3 is 3.00 bits per heavy atom. The van der Waals surface area contributed by atoms with Crippen LogP contribution in [0.25, 0.3) is 0 Å². The van der Waals surface area contributed by atoms with Crippen LogP contribution in [0.3, 0.4) is 0 Å². The molecule has 1 amide bonds. The van der Waals surface area contributed by atoms with Crippen LogP contribution in [-0.4, -0.2) is 25.5 Å². The van der Waals surface area contributed by atoms with Crippen LogP contribution in [0.5, 0.6) is 0 Å². The van der Waals surface area contributed by atoms with Gasteiger partial charge in [0.15, 0.2) is 0 Å². The lowest BCUT2D eigenvalue weighted by Gasteiger charge is -2.35. The van der Waals surface area contributed by atoms with Crippen LogP contribution in [0.1, 0.15) is 38.7 Å². The number of carbonyl (C=O) groups is 1. The molecule has 2 aliphatic rings. The molecule has 0 bridgehead atoms. The van der Waals surface area contributed by atoms with Crippen LogP contribution in [0.4, 0.5) is 5.69 Å². The number of para-hydroxylation sites is 1. The minimum absolute atomic E-state index is 0.303. The Morgan fingerprint density at radius 1 is 1.41 bits per heavy atom. The highest BCUT2D eigenvalue weighted by molar-refractivity contribution is 5.94. The fourth-order valence-electron chi connectivity index (χ4n) is 3.95. The number of amides is 1. The molecule has 22 heavy (non-hydrogen) atoms. The van der Waals surface area contributed by atoms with Crippen LogP contribution in [0, 0.1) is 17.8 Å². The zero-order chi connectivity index (χ0) is 15.5. The maximum atomic E-state index is 12.9. The van der Waals surface area contributed by atoms with Crippen LogP contribution in [0.15, 0.2) is 24.3 Å². The van der Waals surface area contributed by atoms with Gasteiger partial charge in [0.05, 0.1) is 0 Å². The van der Waals surface area contributed by atoms with Crippen molar-refractivity contribution in [3.63, 3.8) is 0 Å². The molecular formula is C19H28N2O. The first-order valence-electron chi connectivity index (χ1n) is 8.74. The summed E-state index contributed by atoms with van der Waals surface area (Å²) >= 11 is 0. The summed E-state index contributed by atoms with van der Waals surface area (Å²) in [6.45, 7) is 7.56. The van der Waals surface area contributed by atoms with E-state index in [4.69, 9.17) is 0 Å². The molecule has 2 heterocycles. The van der Waals surface area contributed by atoms with Crippen molar-refractivity contribution in [2.75, 3.05) is 24.5 Å². The highest BCUT2D eigenvalue weighted by Crippen LogP contribution is 2.31. The lowest BCUT2D eigenvalue weighted by atomic mass is 9.84. The van der Waals surface area contributed by atoms with Crippen LogP contribution < -0.4 is 10.2 Å². The molecule has 3 rings (SSSR count). The number of carbonyl (C=O) groups excluding carboxylic acids is 1. The van der Waals surface area contributed by atoms with E-state index in [1.165, 1.54) is 18.4 Å². The van der Waals surface area contributed by atoms with Crippen molar-refractivity contribution in [1.29, 1.82) is 0 Å². The lowest BCUT2D eigenvalue weighted by molar-refractivity contribution is -0.120. The van der Waals surface area contributed by atoms with Gasteiger partial charge in [-0.25, -0.2) is 0 Å². The Balaban J connectivity index is 1.69. The molecule has 3 atom stereocenters. The summed E-state index contributed by atoms with van der Waals surface area (Å²) in [7, 11) is 0. The smallest absolute Gasteiger partial charge is 0.227 e. The van der Waals surface area contributed by atoms with Gasteiger partial charge < -0.3 is 10.2 Å². The molecule has 0 saturated carbocycles. The molecule has 1 aromatic carbocycles. The molecule has 2 aliphatic heterocycles. The number of nitrogens with zero attached hydrogens (tertiary/aromatic N) is 1. The number of hydrogen-bond acceptors (Lipinski definition) is 2. The molecule has 3 unspecified atom stereocenters. The van der Waals surface area contributed by atoms with Crippen LogP contribution in [0.2, 0.25) is 0 Å². The molecule has 0 aromatic heterocycles. The van der Waals surface area contributed by atoms with Crippen molar-refractivity contribution in [3.05, 3.63) is 29.8 Å². The van der Waals surface area contributed by atoms with Gasteiger partial charge in [-0.2, -0.15) is 0 Å². The molecule has 0 radical (unpaired) electrons. The fraction of sp³-hybridized carbons (Fsp3) is 0.632. The standard InChI is InChI=1S/C19H28N2O/c1-14-10-16-6-3-4-8-18(16)21(13-14)19(22)11-15(2)17-7-5-9-20-12-17/h3-4,6,8,14-15,17,20H,5,7,9-13H2,1-2H3. The number of piperidine rings is 1. The zero-order valence-corrected chi connectivity index (χ0v) is 13.8. The molecule has 0 aliphatic carbocycles. The molecule has 1 fully saturated rings. The fourth-order valence-corrected chi connectivity index (χ4v) is 3.95. The summed E-state index contributed by atoms with van der Waals surface area (Å²) in [5, 5.41) is 3.47. The Labute approximate surface area is 134 Å². The van der Waals surface area contributed by atoms with E-state index in [1.54, 1.807) is 0 Å². The summed E-state index contributed by atoms with van der Waals surface area (Å²) in [5.74, 6) is 1.96. The zero-order valence-electron chi connectivity index (χ0n) is 13.8. The minimum Gasteiger partial charge on any atom is -0.316 e. The quantitative estimate of drug-likeness (QED) is 0.929. The molecule has 120 valence electrons. The highest BCUT2D eigenvalue weighted by atomic mass is 16.2. The van der Waals surface area contributed by atoms with Crippen LogP contribution in [-0.2, 0) is 11.2 Å². The predicted octanol–water partition coefficient (Wildman–Crippen LogP) is 3.24. The van der Waals surface area contributed by atoms with E-state index in [0.29, 0.717) is 30.1 Å². The average Bonchev–Trinajstić information content (AvgIpc) is 2.54. The molecule has 1 N–H and O–H groups in total. The lowest BCUT2D eigenvalue weighted by Crippen LogP contribution is -2.41. The average molecular weight is 300 g/mol. The van der Waals surface area contributed by atoms with Gasteiger partial charge in [-0.05, 0) is 61.7 Å². The van der Waals surface area contributed by atoms with Crippen molar-refractivity contribution >= 4 is 11.6 Å². The first-order chi connectivity index (χ1) is 10.6. The maximum absolute atomic E-state index is 12.9. The number of fused-ring (bicyclic) bond motifs is 1. The first-order valence-corrected chi connectivity index (χ1v) is 8.74. The van der Waals surface area contributed by atoms with Crippen molar-refractivity contribution < 1.29 is 4.79 Å². The summed E-state index contributed by atoms with van der Waals surface area (Å²) < 4.78 is 0. The maximum Gasteiger partial charge on any atom is 0.227 e. The number of nitrogens with one attached hydrogen (secondary N) is 1. The largest absolute Gasteiger partial charge is 0.316 e. The van der Waals surface area contributed by atoms with Gasteiger partial charge in [0.2, 0.25) is 5.91 Å². The first kappa shape index (κ1) is 15.5. The Kier molecular flexibility index (Phi) is 4.82. The summed E-state index contributed by atoms with van der Waals surface area (Å²) in [6.07, 6.45) is 4.26. The Hall–Kier alpha value is -1.35. The Bertz CT molecular complexity index is 522. The second-order valence-electron chi connectivity index (χ2n) is 7.23. The summed E-state index contributed by atoms with van der Waals surface area (Å²) in [5.41, 5.74) is 2.46. The van der Waals surface area contributed by atoms with E-state index < -0.39 is 0 Å². The van der Waals surface area contributed by atoms with Gasteiger partial charge >= 0.3 is 0 Å². The number of anilines is 1. The molecule has 1 aromatic rings. The predicted molar refractivity (Wildman–Crippen MR) is 91.0 cm³/mol. The van der Waals surface area contributed by atoms with Crippen molar-refractivity contribution in [1.82, 2.24) is 5.32 Å². The topological polar surface area (TPSA) is 32.3 Å². The van der Waals surface area contributed by atoms with Crippen LogP contribution >= 0.6 is 0 Å². The highest BCUT2D eigenvalue weighted by Gasteiger charge is 2.29. The minimum atomic E-state index is 0.303. The van der Waals surface area contributed by atoms with E-state index in [0.717, 1.165) is 31.7 Å². The van der Waals surface area contributed by atoms with E-state index in [-0.39, 0.29) is 0 Å². The Morgan fingerprint density at radius 2 is 2.23 bits per heavy atom. The van der Waals surface area contributed by atoms with E-state index in [9.17, 15) is 4.79 Å². The third-order valence-corrected chi connectivity index (χ3v) is 5.28. The third-order valence-electron chi connectivity index (χ3n) is 5.28. The van der Waals surface area contributed by atoms with E-state index in [2.05, 4.69) is 37.4 Å². The number of rotatable bonds is 3. The van der Waals surface area contributed by atoms with Gasteiger partial charge in [-0.1, -0.05) is 32.0 Å². The molecule has 3 heteroatoms. The van der Waals surface area contributed by atoms with Crippen molar-refractivity contribution in [2.45, 2.75) is 39.5 Å². The van der Waals surface area contributed by atoms with Gasteiger partial charge in [0.1, 0.15) is 0 Å². The summed E-state index contributed by atoms with van der Waals surface area (Å²) in [4.78, 5) is 14.9. The van der Waals surface area contributed by atoms with Gasteiger partial charge in [0, 0.05) is 18.7 Å². The van der Waals surface area contributed by atoms with Gasteiger partial charge in [-0.15, -0.1) is 0 Å². The van der Waals surface area contributed by atoms with Crippen molar-refractivity contribution in [2.24, 2.45) is 17.8 Å². The van der Waals surface area contributed by atoms with E-state index in [1.807, 2.05) is 11.0 Å². The summed E-state index contributed by atoms with van der Waals surface area (Å²) in [6, 6.07) is 8.39. The monoisotopic (exact) mass is 300 g/mol. The molecule has 1 saturated heterocycles. The number of hydrogen-bond donors (Lipinski definition) is 1. The second kappa shape index (κ2) is 6.82. The molecule has 3 nitrogen and oxygen atoms in total. The normalized spacial score (nSPS) is 26.4. The van der Waals surface area contributed by atoms with E-state index >= 15 is 0 Å². The molecular weight excluding hydrogens is 272 g/mol. The molecule has 0 spiro atoms. The van der Waals surface area contributed by atoms with Crippen molar-refractivity contribution in [3.8, 4) is 0 Å². The van der Waals surface area contributed by atoms with Gasteiger partial charge in [-0.3, -0.25) is 4.79 Å².